The van der Waals surface area contributed by atoms with Crippen molar-refractivity contribution in [2.45, 2.75) is 45.6 Å². The lowest BCUT2D eigenvalue weighted by Gasteiger charge is -2.38. The van der Waals surface area contributed by atoms with Crippen LogP contribution in [0.15, 0.2) is 24.3 Å². The van der Waals surface area contributed by atoms with Gasteiger partial charge in [0.1, 0.15) is 5.82 Å². The number of halogens is 1. The van der Waals surface area contributed by atoms with Crippen LogP contribution >= 0.6 is 0 Å². The zero-order valence-electron chi connectivity index (χ0n) is 14.1. The van der Waals surface area contributed by atoms with E-state index < -0.39 is 6.10 Å². The lowest BCUT2D eigenvalue weighted by molar-refractivity contribution is 0.0464. The molecule has 1 fully saturated rings. The van der Waals surface area contributed by atoms with Crippen LogP contribution in [0.1, 0.15) is 51.2 Å². The van der Waals surface area contributed by atoms with Gasteiger partial charge in [-0.3, -0.25) is 0 Å². The molecule has 0 radical (unpaired) electrons. The van der Waals surface area contributed by atoms with E-state index in [0.717, 1.165) is 44.5 Å². The highest BCUT2D eigenvalue weighted by atomic mass is 19.1. The Morgan fingerprint density at radius 1 is 1.30 bits per heavy atom. The number of nitriles is 1. The van der Waals surface area contributed by atoms with Gasteiger partial charge < -0.3 is 10.0 Å². The Balaban J connectivity index is 1.84. The highest BCUT2D eigenvalue weighted by molar-refractivity contribution is 5.19. The number of likely N-dealkylation sites (tertiary alicyclic amines) is 1. The Bertz CT molecular complexity index is 527. The number of hydrogen-bond acceptors (Lipinski definition) is 3. The molecule has 1 heterocycles. The van der Waals surface area contributed by atoms with Crippen molar-refractivity contribution < 1.29 is 9.50 Å². The normalized spacial score (nSPS) is 18.6. The molecule has 0 aromatic heterocycles. The predicted octanol–water partition coefficient (Wildman–Crippen LogP) is 3.90. The van der Waals surface area contributed by atoms with Crippen molar-refractivity contribution in [1.82, 2.24) is 4.90 Å². The zero-order chi connectivity index (χ0) is 16.9. The molecule has 1 N–H and O–H groups in total. The minimum atomic E-state index is -0.510. The maximum absolute atomic E-state index is 13.0. The standard InChI is InChI=1S/C19H27FN2O/c1-19(2,10-3-11-21)14-22-12-8-16(9-13-22)18(23)15-4-6-17(20)7-5-15/h4-7,16,18,23H,3,8-10,12-14H2,1-2H3. The molecule has 1 atom stereocenters. The summed E-state index contributed by atoms with van der Waals surface area (Å²) in [5.74, 6) is -0.0331. The van der Waals surface area contributed by atoms with E-state index in [-0.39, 0.29) is 17.2 Å². The number of rotatable bonds is 6. The summed E-state index contributed by atoms with van der Waals surface area (Å²) in [7, 11) is 0. The molecule has 0 spiro atoms. The molecule has 1 aliphatic heterocycles. The summed E-state index contributed by atoms with van der Waals surface area (Å²) in [4.78, 5) is 2.44. The molecule has 0 bridgehead atoms. The Morgan fingerprint density at radius 2 is 1.91 bits per heavy atom. The second-order valence-electron chi connectivity index (χ2n) is 7.43. The van der Waals surface area contributed by atoms with Gasteiger partial charge >= 0.3 is 0 Å². The monoisotopic (exact) mass is 318 g/mol. The largest absolute Gasteiger partial charge is 0.388 e. The Morgan fingerprint density at radius 3 is 2.48 bits per heavy atom. The highest BCUT2D eigenvalue weighted by Crippen LogP contribution is 2.32. The van der Waals surface area contributed by atoms with Crippen LogP contribution < -0.4 is 0 Å². The average molecular weight is 318 g/mol. The summed E-state index contributed by atoms with van der Waals surface area (Å²) >= 11 is 0. The first-order valence-corrected chi connectivity index (χ1v) is 8.44. The molecular formula is C19H27FN2O. The van der Waals surface area contributed by atoms with Gasteiger partial charge in [-0.1, -0.05) is 26.0 Å². The lowest BCUT2D eigenvalue weighted by atomic mass is 9.84. The first-order chi connectivity index (χ1) is 10.9. The fourth-order valence-electron chi connectivity index (χ4n) is 3.44. The van der Waals surface area contributed by atoms with E-state index in [2.05, 4.69) is 24.8 Å². The Hall–Kier alpha value is -1.44. The third-order valence-electron chi connectivity index (χ3n) is 4.86. The minimum Gasteiger partial charge on any atom is -0.388 e. The van der Waals surface area contributed by atoms with Crippen LogP contribution in [0.5, 0.6) is 0 Å². The summed E-state index contributed by atoms with van der Waals surface area (Å²) < 4.78 is 13.0. The van der Waals surface area contributed by atoms with Gasteiger partial charge in [-0.25, -0.2) is 4.39 Å². The van der Waals surface area contributed by atoms with Gasteiger partial charge in [-0.2, -0.15) is 5.26 Å². The molecule has 3 nitrogen and oxygen atoms in total. The number of nitrogens with zero attached hydrogens (tertiary/aromatic N) is 2. The molecule has 1 aromatic carbocycles. The van der Waals surface area contributed by atoms with E-state index in [1.165, 1.54) is 12.1 Å². The van der Waals surface area contributed by atoms with E-state index in [9.17, 15) is 9.50 Å². The van der Waals surface area contributed by atoms with Crippen molar-refractivity contribution in [1.29, 1.82) is 5.26 Å². The maximum atomic E-state index is 13.0. The summed E-state index contributed by atoms with van der Waals surface area (Å²) in [6, 6.07) is 8.40. The van der Waals surface area contributed by atoms with Crippen molar-refractivity contribution in [3.8, 4) is 6.07 Å². The smallest absolute Gasteiger partial charge is 0.123 e. The second kappa shape index (κ2) is 7.90. The molecule has 0 aliphatic carbocycles. The molecule has 126 valence electrons. The molecule has 23 heavy (non-hydrogen) atoms. The molecule has 0 saturated carbocycles. The van der Waals surface area contributed by atoms with Crippen LogP contribution in [-0.2, 0) is 0 Å². The number of hydrogen-bond donors (Lipinski definition) is 1. The first-order valence-electron chi connectivity index (χ1n) is 8.44. The van der Waals surface area contributed by atoms with Crippen LogP contribution in [0, 0.1) is 28.5 Å². The van der Waals surface area contributed by atoms with Gasteiger partial charge in [0.2, 0.25) is 0 Å². The van der Waals surface area contributed by atoms with Gasteiger partial charge in [-0.15, -0.1) is 0 Å². The van der Waals surface area contributed by atoms with Crippen molar-refractivity contribution in [2.24, 2.45) is 11.3 Å². The van der Waals surface area contributed by atoms with Gasteiger partial charge in [0, 0.05) is 13.0 Å². The topological polar surface area (TPSA) is 47.3 Å². The summed E-state index contributed by atoms with van der Waals surface area (Å²) in [6.45, 7) is 7.36. The number of piperidine rings is 1. The second-order valence-corrected chi connectivity index (χ2v) is 7.43. The van der Waals surface area contributed by atoms with Gasteiger partial charge in [0.15, 0.2) is 0 Å². The van der Waals surface area contributed by atoms with Crippen molar-refractivity contribution in [2.75, 3.05) is 19.6 Å². The summed E-state index contributed by atoms with van der Waals surface area (Å²) in [5.41, 5.74) is 0.956. The van der Waals surface area contributed by atoms with Crippen LogP contribution in [-0.4, -0.2) is 29.6 Å². The molecular weight excluding hydrogens is 291 g/mol. The van der Waals surface area contributed by atoms with Crippen LogP contribution in [0.4, 0.5) is 4.39 Å². The molecule has 1 aromatic rings. The molecule has 1 unspecified atom stereocenters. The zero-order valence-corrected chi connectivity index (χ0v) is 14.1. The fraction of sp³-hybridized carbons (Fsp3) is 0.632. The molecule has 1 aliphatic rings. The molecule has 4 heteroatoms. The van der Waals surface area contributed by atoms with E-state index in [4.69, 9.17) is 5.26 Å². The third kappa shape index (κ3) is 5.30. The Labute approximate surface area is 138 Å². The van der Waals surface area contributed by atoms with Gasteiger partial charge in [-0.05, 0) is 61.4 Å². The molecule has 1 saturated heterocycles. The highest BCUT2D eigenvalue weighted by Gasteiger charge is 2.29. The minimum absolute atomic E-state index is 0.151. The fourth-order valence-corrected chi connectivity index (χ4v) is 3.44. The Kier molecular flexibility index (Phi) is 6.15. The maximum Gasteiger partial charge on any atom is 0.123 e. The molecule has 0 amide bonds. The van der Waals surface area contributed by atoms with Crippen LogP contribution in [0.25, 0.3) is 0 Å². The average Bonchev–Trinajstić information content (AvgIpc) is 2.53. The predicted molar refractivity (Wildman–Crippen MR) is 89.2 cm³/mol. The van der Waals surface area contributed by atoms with E-state index in [1.807, 2.05) is 0 Å². The summed E-state index contributed by atoms with van der Waals surface area (Å²) in [6.07, 6.45) is 2.91. The molecule has 2 rings (SSSR count). The number of benzene rings is 1. The number of aliphatic hydroxyl groups excluding tert-OH is 1. The van der Waals surface area contributed by atoms with Crippen molar-refractivity contribution in [3.63, 3.8) is 0 Å². The van der Waals surface area contributed by atoms with E-state index >= 15 is 0 Å². The van der Waals surface area contributed by atoms with Crippen LogP contribution in [0.2, 0.25) is 0 Å². The quantitative estimate of drug-likeness (QED) is 0.865. The van der Waals surface area contributed by atoms with E-state index in [1.54, 1.807) is 12.1 Å². The van der Waals surface area contributed by atoms with E-state index in [0.29, 0.717) is 6.42 Å². The SMILES string of the molecule is CC(C)(CCC#N)CN1CCC(C(O)c2ccc(F)cc2)CC1. The van der Waals surface area contributed by atoms with Gasteiger partial charge in [0.25, 0.3) is 0 Å². The lowest BCUT2D eigenvalue weighted by Crippen LogP contribution is -2.41. The third-order valence-corrected chi connectivity index (χ3v) is 4.86. The van der Waals surface area contributed by atoms with Gasteiger partial charge in [0.05, 0.1) is 12.2 Å². The summed E-state index contributed by atoms with van der Waals surface area (Å²) in [5, 5.41) is 19.2. The number of aliphatic hydroxyl groups is 1. The van der Waals surface area contributed by atoms with Crippen molar-refractivity contribution >= 4 is 0 Å². The van der Waals surface area contributed by atoms with Crippen LogP contribution in [0.3, 0.4) is 0 Å². The van der Waals surface area contributed by atoms with Crippen molar-refractivity contribution in [3.05, 3.63) is 35.6 Å². The first kappa shape index (κ1) is 17.9.